The molecule has 0 unspecified atom stereocenters. The third kappa shape index (κ3) is 3.95. The Labute approximate surface area is 178 Å². The molecule has 2 aliphatic heterocycles. The zero-order valence-electron chi connectivity index (χ0n) is 16.3. The van der Waals surface area contributed by atoms with E-state index in [2.05, 4.69) is 0 Å². The van der Waals surface area contributed by atoms with E-state index in [9.17, 15) is 19.7 Å². The fourth-order valence-electron chi connectivity index (χ4n) is 3.97. The van der Waals surface area contributed by atoms with Gasteiger partial charge in [-0.25, -0.2) is 0 Å². The summed E-state index contributed by atoms with van der Waals surface area (Å²) in [6.07, 6.45) is 1.37. The summed E-state index contributed by atoms with van der Waals surface area (Å²) in [4.78, 5) is 41.3. The van der Waals surface area contributed by atoms with Gasteiger partial charge in [-0.3, -0.25) is 19.7 Å². The van der Waals surface area contributed by atoms with Crippen LogP contribution in [0.2, 0.25) is 5.02 Å². The van der Waals surface area contributed by atoms with Crippen LogP contribution in [0.4, 0.5) is 17.1 Å². The predicted molar refractivity (Wildman–Crippen MR) is 114 cm³/mol. The maximum Gasteiger partial charge on any atom is 0.294 e. The summed E-state index contributed by atoms with van der Waals surface area (Å²) in [5.74, 6) is -0.0217. The van der Waals surface area contributed by atoms with E-state index in [1.54, 1.807) is 40.1 Å². The van der Waals surface area contributed by atoms with Crippen LogP contribution in [0.3, 0.4) is 0 Å². The minimum absolute atomic E-state index is 0.0368. The molecule has 0 bridgehead atoms. The van der Waals surface area contributed by atoms with Gasteiger partial charge in [0.15, 0.2) is 0 Å². The second kappa shape index (κ2) is 8.31. The SMILES string of the molecule is O=C(c1cccc(N2CCCC2=O)c1)N1CCN(c2ccc(Cl)cc2[N+](=O)[O-])CC1. The van der Waals surface area contributed by atoms with Crippen molar-refractivity contribution in [2.45, 2.75) is 12.8 Å². The molecular weight excluding hydrogens is 408 g/mol. The van der Waals surface area contributed by atoms with Crippen molar-refractivity contribution in [3.05, 3.63) is 63.2 Å². The molecule has 2 heterocycles. The van der Waals surface area contributed by atoms with Gasteiger partial charge in [-0.1, -0.05) is 17.7 Å². The van der Waals surface area contributed by atoms with E-state index in [0.29, 0.717) is 55.4 Å². The van der Waals surface area contributed by atoms with E-state index in [0.717, 1.165) is 12.1 Å². The number of nitro groups is 1. The number of hydrogen-bond acceptors (Lipinski definition) is 5. The molecule has 0 radical (unpaired) electrons. The molecule has 4 rings (SSSR count). The quantitative estimate of drug-likeness (QED) is 0.550. The maximum absolute atomic E-state index is 13.0. The first-order valence-corrected chi connectivity index (χ1v) is 10.2. The monoisotopic (exact) mass is 428 g/mol. The van der Waals surface area contributed by atoms with Crippen LogP contribution in [0.5, 0.6) is 0 Å². The van der Waals surface area contributed by atoms with Gasteiger partial charge in [0.25, 0.3) is 11.6 Å². The summed E-state index contributed by atoms with van der Waals surface area (Å²) >= 11 is 5.90. The maximum atomic E-state index is 13.0. The normalized spacial score (nSPS) is 16.8. The number of anilines is 2. The molecule has 2 aliphatic rings. The van der Waals surface area contributed by atoms with Crippen molar-refractivity contribution < 1.29 is 14.5 Å². The molecule has 8 nitrogen and oxygen atoms in total. The van der Waals surface area contributed by atoms with E-state index >= 15 is 0 Å². The van der Waals surface area contributed by atoms with Crippen LogP contribution in [0, 0.1) is 10.1 Å². The largest absolute Gasteiger partial charge is 0.362 e. The minimum Gasteiger partial charge on any atom is -0.362 e. The summed E-state index contributed by atoms with van der Waals surface area (Å²) < 4.78 is 0. The lowest BCUT2D eigenvalue weighted by Crippen LogP contribution is -2.49. The van der Waals surface area contributed by atoms with Gasteiger partial charge in [0, 0.05) is 61.5 Å². The number of nitrogens with zero attached hydrogens (tertiary/aromatic N) is 4. The fourth-order valence-corrected chi connectivity index (χ4v) is 4.14. The molecule has 0 aliphatic carbocycles. The first-order valence-electron chi connectivity index (χ1n) is 9.82. The number of rotatable bonds is 4. The average molecular weight is 429 g/mol. The van der Waals surface area contributed by atoms with Crippen molar-refractivity contribution in [1.29, 1.82) is 0 Å². The Morgan fingerprint density at radius 3 is 2.47 bits per heavy atom. The summed E-state index contributed by atoms with van der Waals surface area (Å²) in [6.45, 7) is 2.54. The van der Waals surface area contributed by atoms with Gasteiger partial charge >= 0.3 is 0 Å². The highest BCUT2D eigenvalue weighted by molar-refractivity contribution is 6.30. The zero-order chi connectivity index (χ0) is 21.3. The Bertz CT molecular complexity index is 1000. The lowest BCUT2D eigenvalue weighted by molar-refractivity contribution is -0.384. The molecule has 0 N–H and O–H groups in total. The molecule has 2 aromatic carbocycles. The average Bonchev–Trinajstić information content (AvgIpc) is 3.19. The van der Waals surface area contributed by atoms with Crippen LogP contribution in [0.15, 0.2) is 42.5 Å². The van der Waals surface area contributed by atoms with Gasteiger partial charge < -0.3 is 14.7 Å². The molecule has 2 aromatic rings. The zero-order valence-corrected chi connectivity index (χ0v) is 17.0. The van der Waals surface area contributed by atoms with Gasteiger partial charge in [0.05, 0.1) is 4.92 Å². The highest BCUT2D eigenvalue weighted by atomic mass is 35.5. The molecular formula is C21H21ClN4O4. The Morgan fingerprint density at radius 2 is 1.80 bits per heavy atom. The van der Waals surface area contributed by atoms with Crippen molar-refractivity contribution in [3.63, 3.8) is 0 Å². The van der Waals surface area contributed by atoms with Crippen molar-refractivity contribution >= 4 is 40.5 Å². The fraction of sp³-hybridized carbons (Fsp3) is 0.333. The summed E-state index contributed by atoms with van der Waals surface area (Å²) in [5, 5.41) is 11.7. The van der Waals surface area contributed by atoms with Crippen molar-refractivity contribution in [3.8, 4) is 0 Å². The smallest absolute Gasteiger partial charge is 0.294 e. The van der Waals surface area contributed by atoms with Crippen LogP contribution < -0.4 is 9.80 Å². The second-order valence-corrected chi connectivity index (χ2v) is 7.81. The summed E-state index contributed by atoms with van der Waals surface area (Å²) in [6, 6.07) is 11.8. The third-order valence-corrected chi connectivity index (χ3v) is 5.76. The van der Waals surface area contributed by atoms with Crippen molar-refractivity contribution in [1.82, 2.24) is 4.90 Å². The number of carbonyl (C=O) groups excluding carboxylic acids is 2. The molecule has 0 saturated carbocycles. The molecule has 2 fully saturated rings. The number of hydrogen-bond donors (Lipinski definition) is 0. The highest BCUT2D eigenvalue weighted by Gasteiger charge is 2.27. The lowest BCUT2D eigenvalue weighted by Gasteiger charge is -2.36. The summed E-state index contributed by atoms with van der Waals surface area (Å²) in [7, 11) is 0. The van der Waals surface area contributed by atoms with Gasteiger partial charge in [-0.05, 0) is 36.8 Å². The molecule has 2 saturated heterocycles. The van der Waals surface area contributed by atoms with Crippen LogP contribution in [0.25, 0.3) is 0 Å². The van der Waals surface area contributed by atoms with Crippen molar-refractivity contribution in [2.75, 3.05) is 42.5 Å². The Morgan fingerprint density at radius 1 is 1.03 bits per heavy atom. The van der Waals surface area contributed by atoms with Gasteiger partial charge in [-0.15, -0.1) is 0 Å². The van der Waals surface area contributed by atoms with Crippen molar-refractivity contribution in [2.24, 2.45) is 0 Å². The number of piperazine rings is 1. The topological polar surface area (TPSA) is 87.0 Å². The second-order valence-electron chi connectivity index (χ2n) is 7.37. The molecule has 9 heteroatoms. The number of carbonyl (C=O) groups is 2. The number of halogens is 1. The van der Waals surface area contributed by atoms with Gasteiger partial charge in [-0.2, -0.15) is 0 Å². The van der Waals surface area contributed by atoms with Crippen LogP contribution >= 0.6 is 11.6 Å². The van der Waals surface area contributed by atoms with E-state index in [1.165, 1.54) is 6.07 Å². The summed E-state index contributed by atoms with van der Waals surface area (Å²) in [5.41, 5.74) is 1.76. The van der Waals surface area contributed by atoms with Crippen LogP contribution in [0.1, 0.15) is 23.2 Å². The Kier molecular flexibility index (Phi) is 5.59. The predicted octanol–water partition coefficient (Wildman–Crippen LogP) is 3.34. The molecule has 0 spiro atoms. The molecule has 156 valence electrons. The lowest BCUT2D eigenvalue weighted by atomic mass is 10.1. The Hall–Kier alpha value is -3.13. The van der Waals surface area contributed by atoms with Crippen LogP contribution in [-0.2, 0) is 4.79 Å². The number of nitro benzene ring substituents is 1. The highest BCUT2D eigenvalue weighted by Crippen LogP contribution is 2.32. The molecule has 0 atom stereocenters. The van der Waals surface area contributed by atoms with E-state index in [1.807, 2.05) is 11.0 Å². The molecule has 0 aromatic heterocycles. The minimum atomic E-state index is -0.441. The first kappa shape index (κ1) is 20.2. The van der Waals surface area contributed by atoms with E-state index in [4.69, 9.17) is 11.6 Å². The Balaban J connectivity index is 1.45. The van der Waals surface area contributed by atoms with Gasteiger partial charge in [0.2, 0.25) is 5.91 Å². The number of amides is 2. The third-order valence-electron chi connectivity index (χ3n) is 5.52. The van der Waals surface area contributed by atoms with E-state index < -0.39 is 4.92 Å². The first-order chi connectivity index (χ1) is 14.4. The van der Waals surface area contributed by atoms with E-state index in [-0.39, 0.29) is 17.5 Å². The molecule has 30 heavy (non-hydrogen) atoms. The standard InChI is InChI=1S/C21H21ClN4O4/c22-16-6-7-18(19(14-16)26(29)30)23-9-11-24(12-10-23)21(28)15-3-1-4-17(13-15)25-8-2-5-20(25)27/h1,3-4,6-7,13-14H,2,5,8-12H2. The van der Waals surface area contributed by atoms with Gasteiger partial charge in [0.1, 0.15) is 5.69 Å². The molecule has 2 amide bonds. The number of benzene rings is 2. The van der Waals surface area contributed by atoms with Crippen LogP contribution in [-0.4, -0.2) is 54.4 Å².